The van der Waals surface area contributed by atoms with Gasteiger partial charge >= 0.3 is 0 Å². The molecule has 0 aliphatic rings. The van der Waals surface area contributed by atoms with Crippen LogP contribution in [0.25, 0.3) is 16.9 Å². The molecule has 1 aromatic carbocycles. The third-order valence-electron chi connectivity index (χ3n) is 2.72. The summed E-state index contributed by atoms with van der Waals surface area (Å²) in [7, 11) is 0. The lowest BCUT2D eigenvalue weighted by atomic mass is 10.1. The lowest BCUT2D eigenvalue weighted by Gasteiger charge is -2.04. The molecule has 0 spiro atoms. The third kappa shape index (κ3) is 2.15. The number of halogens is 1. The largest absolute Gasteiger partial charge is 0.393 e. The second kappa shape index (κ2) is 4.70. The maximum absolute atomic E-state index is 5.87. The maximum Gasteiger partial charge on any atom is 0.181 e. The number of benzene rings is 1. The molecule has 0 amide bonds. The van der Waals surface area contributed by atoms with E-state index in [2.05, 4.69) is 15.1 Å². The molecule has 0 atom stereocenters. The minimum atomic E-state index is 0.224. The van der Waals surface area contributed by atoms with Crippen molar-refractivity contribution in [2.45, 2.75) is 0 Å². The fourth-order valence-electron chi connectivity index (χ4n) is 1.77. The van der Waals surface area contributed by atoms with Gasteiger partial charge in [0.2, 0.25) is 0 Å². The zero-order chi connectivity index (χ0) is 13.2. The monoisotopic (exact) mass is 271 g/mol. The van der Waals surface area contributed by atoms with Crippen LogP contribution in [-0.4, -0.2) is 19.7 Å². The predicted molar refractivity (Wildman–Crippen MR) is 74.0 cm³/mol. The number of hydrogen-bond acceptors (Lipinski definition) is 4. The Labute approximate surface area is 114 Å². The van der Waals surface area contributed by atoms with E-state index in [1.165, 1.54) is 6.33 Å². The first-order valence-corrected chi connectivity index (χ1v) is 6.00. The van der Waals surface area contributed by atoms with E-state index in [-0.39, 0.29) is 5.15 Å². The van der Waals surface area contributed by atoms with E-state index < -0.39 is 0 Å². The van der Waals surface area contributed by atoms with Gasteiger partial charge in [-0.05, 0) is 5.56 Å². The molecule has 0 bridgehead atoms. The molecule has 2 N–H and O–H groups in total. The molecule has 6 heteroatoms. The topological polar surface area (TPSA) is 69.6 Å². The first kappa shape index (κ1) is 11.7. The van der Waals surface area contributed by atoms with Crippen LogP contribution in [0.5, 0.6) is 0 Å². The summed E-state index contributed by atoms with van der Waals surface area (Å²) in [6.07, 6.45) is 4.97. The minimum absolute atomic E-state index is 0.224. The molecule has 0 saturated carbocycles. The zero-order valence-electron chi connectivity index (χ0n) is 9.86. The lowest BCUT2D eigenvalue weighted by molar-refractivity contribution is 0.843. The van der Waals surface area contributed by atoms with Gasteiger partial charge in [-0.2, -0.15) is 5.10 Å². The first-order chi connectivity index (χ1) is 9.25. The Kier molecular flexibility index (Phi) is 2.89. The van der Waals surface area contributed by atoms with Crippen molar-refractivity contribution in [1.29, 1.82) is 0 Å². The van der Waals surface area contributed by atoms with Crippen LogP contribution >= 0.6 is 11.6 Å². The fourth-order valence-corrected chi connectivity index (χ4v) is 1.89. The van der Waals surface area contributed by atoms with Crippen molar-refractivity contribution < 1.29 is 0 Å². The quantitative estimate of drug-likeness (QED) is 0.727. The highest BCUT2D eigenvalue weighted by atomic mass is 35.5. The molecule has 2 aromatic heterocycles. The van der Waals surface area contributed by atoms with Gasteiger partial charge < -0.3 is 5.73 Å². The van der Waals surface area contributed by atoms with Gasteiger partial charge in [0.05, 0.1) is 6.20 Å². The fraction of sp³-hybridized carbons (Fsp3) is 0. The summed E-state index contributed by atoms with van der Waals surface area (Å²) >= 11 is 5.87. The summed E-state index contributed by atoms with van der Waals surface area (Å²) in [4.78, 5) is 7.91. The molecule has 0 aliphatic heterocycles. The molecule has 94 valence electrons. The molecule has 0 saturated heterocycles. The van der Waals surface area contributed by atoms with E-state index in [1.54, 1.807) is 10.9 Å². The van der Waals surface area contributed by atoms with Crippen LogP contribution in [-0.2, 0) is 0 Å². The van der Waals surface area contributed by atoms with Crippen LogP contribution < -0.4 is 5.73 Å². The Hall–Kier alpha value is -2.40. The molecule has 19 heavy (non-hydrogen) atoms. The highest BCUT2D eigenvalue weighted by Gasteiger charge is 2.10. The van der Waals surface area contributed by atoms with Crippen LogP contribution in [0.4, 0.5) is 5.69 Å². The summed E-state index contributed by atoms with van der Waals surface area (Å²) in [5, 5.41) is 4.48. The SMILES string of the molecule is Nc1c(Cl)ncnc1-n1cc(-c2ccccc2)cn1. The number of nitrogens with two attached hydrogens (primary N) is 1. The normalized spacial score (nSPS) is 10.6. The summed E-state index contributed by atoms with van der Waals surface area (Å²) in [5.74, 6) is 0.474. The van der Waals surface area contributed by atoms with E-state index in [0.29, 0.717) is 11.5 Å². The number of anilines is 1. The number of nitrogens with zero attached hydrogens (tertiary/aromatic N) is 4. The van der Waals surface area contributed by atoms with E-state index in [9.17, 15) is 0 Å². The number of rotatable bonds is 2. The van der Waals surface area contributed by atoms with E-state index in [1.807, 2.05) is 36.5 Å². The van der Waals surface area contributed by atoms with Gasteiger partial charge in [0.25, 0.3) is 0 Å². The number of hydrogen-bond donors (Lipinski definition) is 1. The first-order valence-electron chi connectivity index (χ1n) is 5.62. The van der Waals surface area contributed by atoms with Crippen LogP contribution in [0.1, 0.15) is 0 Å². The molecule has 2 heterocycles. The lowest BCUT2D eigenvalue weighted by Crippen LogP contribution is -2.04. The third-order valence-corrected chi connectivity index (χ3v) is 3.02. The maximum atomic E-state index is 5.87. The summed E-state index contributed by atoms with van der Waals surface area (Å²) in [5.41, 5.74) is 8.21. The van der Waals surface area contributed by atoms with E-state index in [0.717, 1.165) is 11.1 Å². The Morgan fingerprint density at radius 2 is 1.84 bits per heavy atom. The zero-order valence-corrected chi connectivity index (χ0v) is 10.6. The average molecular weight is 272 g/mol. The van der Waals surface area contributed by atoms with Gasteiger partial charge in [-0.1, -0.05) is 41.9 Å². The van der Waals surface area contributed by atoms with Crippen molar-refractivity contribution in [1.82, 2.24) is 19.7 Å². The van der Waals surface area contributed by atoms with Gasteiger partial charge in [-0.25, -0.2) is 14.6 Å². The van der Waals surface area contributed by atoms with Crippen molar-refractivity contribution in [3.05, 3.63) is 54.2 Å². The van der Waals surface area contributed by atoms with Gasteiger partial charge in [0, 0.05) is 11.8 Å². The van der Waals surface area contributed by atoms with E-state index in [4.69, 9.17) is 17.3 Å². The molecular formula is C13H10ClN5. The van der Waals surface area contributed by atoms with Gasteiger partial charge in [0.15, 0.2) is 11.0 Å². The van der Waals surface area contributed by atoms with Crippen molar-refractivity contribution in [2.75, 3.05) is 5.73 Å². The minimum Gasteiger partial charge on any atom is -0.393 e. The van der Waals surface area contributed by atoms with Crippen molar-refractivity contribution >= 4 is 17.3 Å². The Morgan fingerprint density at radius 1 is 1.05 bits per heavy atom. The molecular weight excluding hydrogens is 262 g/mol. The molecule has 0 aliphatic carbocycles. The Morgan fingerprint density at radius 3 is 2.63 bits per heavy atom. The molecule has 3 aromatic rings. The highest BCUT2D eigenvalue weighted by molar-refractivity contribution is 6.32. The molecule has 5 nitrogen and oxygen atoms in total. The predicted octanol–water partition coefficient (Wildman–Crippen LogP) is 2.56. The Bertz CT molecular complexity index is 708. The van der Waals surface area contributed by atoms with Gasteiger partial charge in [0.1, 0.15) is 12.0 Å². The van der Waals surface area contributed by atoms with Crippen molar-refractivity contribution in [2.24, 2.45) is 0 Å². The number of aromatic nitrogens is 4. The molecule has 0 unspecified atom stereocenters. The van der Waals surface area contributed by atoms with Crippen LogP contribution in [0.15, 0.2) is 49.1 Å². The van der Waals surface area contributed by atoms with Crippen LogP contribution in [0.3, 0.4) is 0 Å². The highest BCUT2D eigenvalue weighted by Crippen LogP contribution is 2.23. The van der Waals surface area contributed by atoms with Crippen molar-refractivity contribution in [3.8, 4) is 16.9 Å². The molecule has 0 radical (unpaired) electrons. The second-order valence-electron chi connectivity index (χ2n) is 3.94. The molecule has 3 rings (SSSR count). The number of nitrogen functional groups attached to an aromatic ring is 1. The average Bonchev–Trinajstić information content (AvgIpc) is 2.92. The van der Waals surface area contributed by atoms with Gasteiger partial charge in [-0.15, -0.1) is 0 Å². The standard InChI is InChI=1S/C13H10ClN5/c14-12-11(15)13(17-8-16-12)19-7-10(6-18-19)9-4-2-1-3-5-9/h1-8H,15H2. The second-order valence-corrected chi connectivity index (χ2v) is 4.30. The summed E-state index contributed by atoms with van der Waals surface area (Å²) in [6, 6.07) is 9.94. The van der Waals surface area contributed by atoms with Crippen LogP contribution in [0, 0.1) is 0 Å². The smallest absolute Gasteiger partial charge is 0.181 e. The van der Waals surface area contributed by atoms with E-state index >= 15 is 0 Å². The Balaban J connectivity index is 2.05. The molecule has 0 fully saturated rings. The van der Waals surface area contributed by atoms with Crippen molar-refractivity contribution in [3.63, 3.8) is 0 Å². The van der Waals surface area contributed by atoms with Crippen LogP contribution in [0.2, 0.25) is 5.15 Å². The summed E-state index contributed by atoms with van der Waals surface area (Å²) < 4.78 is 1.59. The summed E-state index contributed by atoms with van der Waals surface area (Å²) in [6.45, 7) is 0. The van der Waals surface area contributed by atoms with Gasteiger partial charge in [-0.3, -0.25) is 0 Å².